The number of ketones is 1. The third-order valence-corrected chi connectivity index (χ3v) is 4.49. The molecule has 1 atom stereocenters. The molecule has 1 aliphatic heterocycles. The third-order valence-electron chi connectivity index (χ3n) is 4.49. The van der Waals surface area contributed by atoms with Gasteiger partial charge in [-0.25, -0.2) is 9.07 Å². The van der Waals surface area contributed by atoms with Crippen LogP contribution in [0.4, 0.5) is 10.2 Å². The number of rotatable bonds is 2. The molecule has 7 heteroatoms. The van der Waals surface area contributed by atoms with Crippen molar-refractivity contribution in [3.63, 3.8) is 0 Å². The van der Waals surface area contributed by atoms with E-state index in [0.717, 1.165) is 17.7 Å². The number of primary amides is 1. The van der Waals surface area contributed by atoms with Crippen LogP contribution >= 0.6 is 0 Å². The van der Waals surface area contributed by atoms with Crippen LogP contribution < -0.4 is 11.1 Å². The fraction of sp³-hybridized carbons (Fsp3) is 0.235. The minimum Gasteiger partial charge on any atom is -0.365 e. The Kier molecular flexibility index (Phi) is 3.23. The maximum Gasteiger partial charge on any atom is 0.254 e. The highest BCUT2D eigenvalue weighted by atomic mass is 19.1. The third kappa shape index (κ3) is 2.12. The Morgan fingerprint density at radius 1 is 1.29 bits per heavy atom. The number of halogens is 1. The van der Waals surface area contributed by atoms with Crippen LogP contribution in [0.1, 0.15) is 41.2 Å². The Hall–Kier alpha value is -2.96. The SMILES string of the molecule is NC(=O)c1cnn2c1NC1=C(C(=O)CCC1)[C@H]2c1ccc(F)cc1. The summed E-state index contributed by atoms with van der Waals surface area (Å²) in [6.07, 6.45) is 3.32. The van der Waals surface area contributed by atoms with Crippen LogP contribution in [-0.2, 0) is 4.79 Å². The van der Waals surface area contributed by atoms with E-state index in [2.05, 4.69) is 10.4 Å². The molecule has 1 aliphatic carbocycles. The number of fused-ring (bicyclic) bond motifs is 1. The number of carbonyl (C=O) groups excluding carboxylic acids is 2. The molecular formula is C17H15FN4O2. The van der Waals surface area contributed by atoms with E-state index in [1.807, 2.05) is 0 Å². The van der Waals surface area contributed by atoms with Crippen molar-refractivity contribution in [1.82, 2.24) is 9.78 Å². The summed E-state index contributed by atoms with van der Waals surface area (Å²) in [5.41, 5.74) is 7.84. The van der Waals surface area contributed by atoms with Crippen LogP contribution in [0, 0.1) is 5.82 Å². The molecule has 122 valence electrons. The number of Topliss-reactive ketones (excluding diaryl/α,β-unsaturated/α-hetero) is 1. The number of amides is 1. The standard InChI is InChI=1S/C17H15FN4O2/c18-10-6-4-9(5-7-10)15-14-12(2-1-3-13(14)23)21-17-11(16(19)24)8-20-22(15)17/h4-8,15,21H,1-3H2,(H2,19,24)/t15-/m1/s1. The molecule has 0 unspecified atom stereocenters. The molecule has 6 nitrogen and oxygen atoms in total. The van der Waals surface area contributed by atoms with E-state index < -0.39 is 11.9 Å². The van der Waals surface area contributed by atoms with E-state index in [1.165, 1.54) is 18.3 Å². The zero-order valence-corrected chi connectivity index (χ0v) is 12.8. The summed E-state index contributed by atoms with van der Waals surface area (Å²) in [6, 6.07) is 5.48. The number of benzene rings is 1. The normalized spacial score (nSPS) is 19.5. The Morgan fingerprint density at radius 3 is 2.75 bits per heavy atom. The van der Waals surface area contributed by atoms with Crippen molar-refractivity contribution in [2.45, 2.75) is 25.3 Å². The minimum absolute atomic E-state index is 0.0415. The van der Waals surface area contributed by atoms with Crippen molar-refractivity contribution in [3.8, 4) is 0 Å². The molecule has 2 heterocycles. The Bertz CT molecular complexity index is 882. The van der Waals surface area contributed by atoms with Crippen LogP contribution in [0.25, 0.3) is 0 Å². The van der Waals surface area contributed by atoms with E-state index in [1.54, 1.807) is 16.8 Å². The minimum atomic E-state index is -0.590. The number of allylic oxidation sites excluding steroid dienone is 2. The van der Waals surface area contributed by atoms with E-state index in [0.29, 0.717) is 24.2 Å². The molecule has 1 aromatic carbocycles. The second kappa shape index (κ2) is 5.30. The summed E-state index contributed by atoms with van der Waals surface area (Å²) in [5.74, 6) is -0.423. The topological polar surface area (TPSA) is 90.0 Å². The number of aromatic nitrogens is 2. The highest BCUT2D eigenvalue weighted by Crippen LogP contribution is 2.41. The first-order valence-electron chi connectivity index (χ1n) is 7.72. The summed E-state index contributed by atoms with van der Waals surface area (Å²) in [6.45, 7) is 0. The number of carbonyl (C=O) groups is 2. The van der Waals surface area contributed by atoms with Crippen molar-refractivity contribution in [2.24, 2.45) is 5.73 Å². The first kappa shape index (κ1) is 14.6. The van der Waals surface area contributed by atoms with Crippen LogP contribution in [0.2, 0.25) is 0 Å². The average molecular weight is 326 g/mol. The van der Waals surface area contributed by atoms with E-state index in [4.69, 9.17) is 5.73 Å². The molecule has 2 aliphatic rings. The number of anilines is 1. The van der Waals surface area contributed by atoms with Crippen molar-refractivity contribution in [3.05, 3.63) is 58.7 Å². The number of nitrogens with zero attached hydrogens (tertiary/aromatic N) is 2. The number of hydrogen-bond donors (Lipinski definition) is 2. The van der Waals surface area contributed by atoms with Gasteiger partial charge in [0.15, 0.2) is 5.78 Å². The van der Waals surface area contributed by atoms with Crippen LogP contribution in [0.15, 0.2) is 41.7 Å². The van der Waals surface area contributed by atoms with Crippen molar-refractivity contribution < 1.29 is 14.0 Å². The number of nitrogens with two attached hydrogens (primary N) is 1. The summed E-state index contributed by atoms with van der Waals surface area (Å²) in [4.78, 5) is 24.2. The highest BCUT2D eigenvalue weighted by molar-refractivity contribution is 6.02. The van der Waals surface area contributed by atoms with E-state index >= 15 is 0 Å². The molecule has 0 saturated carbocycles. The molecule has 0 spiro atoms. The van der Waals surface area contributed by atoms with Gasteiger partial charge in [-0.1, -0.05) is 12.1 Å². The Morgan fingerprint density at radius 2 is 2.04 bits per heavy atom. The second-order valence-corrected chi connectivity index (χ2v) is 5.96. The predicted molar refractivity (Wildman–Crippen MR) is 84.8 cm³/mol. The maximum absolute atomic E-state index is 13.3. The van der Waals surface area contributed by atoms with Gasteiger partial charge in [-0.3, -0.25) is 9.59 Å². The lowest BCUT2D eigenvalue weighted by Gasteiger charge is -2.33. The summed E-state index contributed by atoms with van der Waals surface area (Å²) < 4.78 is 14.9. The summed E-state index contributed by atoms with van der Waals surface area (Å²) in [5, 5.41) is 7.41. The van der Waals surface area contributed by atoms with Gasteiger partial charge in [0.2, 0.25) is 0 Å². The lowest BCUT2D eigenvalue weighted by Crippen LogP contribution is -2.32. The lowest BCUT2D eigenvalue weighted by atomic mass is 9.85. The molecule has 1 amide bonds. The highest BCUT2D eigenvalue weighted by Gasteiger charge is 2.37. The molecule has 24 heavy (non-hydrogen) atoms. The van der Waals surface area contributed by atoms with Gasteiger partial charge in [-0.15, -0.1) is 0 Å². The van der Waals surface area contributed by atoms with Gasteiger partial charge in [-0.2, -0.15) is 5.10 Å². The molecule has 0 saturated heterocycles. The van der Waals surface area contributed by atoms with E-state index in [-0.39, 0.29) is 17.2 Å². The first-order chi connectivity index (χ1) is 11.6. The molecule has 3 N–H and O–H groups in total. The van der Waals surface area contributed by atoms with Crippen molar-refractivity contribution in [1.29, 1.82) is 0 Å². The number of hydrogen-bond acceptors (Lipinski definition) is 4. The van der Waals surface area contributed by atoms with Crippen LogP contribution in [0.3, 0.4) is 0 Å². The smallest absolute Gasteiger partial charge is 0.254 e. The van der Waals surface area contributed by atoms with Crippen LogP contribution in [0.5, 0.6) is 0 Å². The van der Waals surface area contributed by atoms with Crippen molar-refractivity contribution >= 4 is 17.5 Å². The molecule has 4 rings (SSSR count). The van der Waals surface area contributed by atoms with Crippen LogP contribution in [-0.4, -0.2) is 21.5 Å². The van der Waals surface area contributed by atoms with Gasteiger partial charge in [0, 0.05) is 17.7 Å². The Labute approximate surface area is 137 Å². The van der Waals surface area contributed by atoms with Crippen molar-refractivity contribution in [2.75, 3.05) is 5.32 Å². The Balaban J connectivity index is 1.93. The van der Waals surface area contributed by atoms with Gasteiger partial charge in [0.05, 0.1) is 6.20 Å². The fourth-order valence-electron chi connectivity index (χ4n) is 3.39. The monoisotopic (exact) mass is 326 g/mol. The van der Waals surface area contributed by atoms with Gasteiger partial charge < -0.3 is 11.1 Å². The first-order valence-corrected chi connectivity index (χ1v) is 7.72. The summed E-state index contributed by atoms with van der Waals surface area (Å²) >= 11 is 0. The lowest BCUT2D eigenvalue weighted by molar-refractivity contribution is -0.116. The predicted octanol–water partition coefficient (Wildman–Crippen LogP) is 2.14. The molecule has 0 radical (unpaired) electrons. The van der Waals surface area contributed by atoms with Gasteiger partial charge >= 0.3 is 0 Å². The maximum atomic E-state index is 13.3. The van der Waals surface area contributed by atoms with Gasteiger partial charge in [0.1, 0.15) is 23.2 Å². The quantitative estimate of drug-likeness (QED) is 0.885. The average Bonchev–Trinajstić information content (AvgIpc) is 2.98. The molecule has 0 bridgehead atoms. The molecule has 0 fully saturated rings. The number of nitrogens with one attached hydrogen (secondary N) is 1. The second-order valence-electron chi connectivity index (χ2n) is 5.96. The van der Waals surface area contributed by atoms with Gasteiger partial charge in [0.25, 0.3) is 5.91 Å². The zero-order valence-electron chi connectivity index (χ0n) is 12.8. The summed E-state index contributed by atoms with van der Waals surface area (Å²) in [7, 11) is 0. The molecule has 1 aromatic heterocycles. The van der Waals surface area contributed by atoms with Gasteiger partial charge in [-0.05, 0) is 30.5 Å². The largest absolute Gasteiger partial charge is 0.365 e. The fourth-order valence-corrected chi connectivity index (χ4v) is 3.39. The van der Waals surface area contributed by atoms with E-state index in [9.17, 15) is 14.0 Å². The zero-order chi connectivity index (χ0) is 16.8. The molecule has 2 aromatic rings. The molecular weight excluding hydrogens is 311 g/mol.